The van der Waals surface area contributed by atoms with Crippen LogP contribution in [-0.4, -0.2) is 50.2 Å². The summed E-state index contributed by atoms with van der Waals surface area (Å²) in [6, 6.07) is 15.3. The van der Waals surface area contributed by atoms with Crippen LogP contribution in [0.2, 0.25) is 5.02 Å². The molecule has 3 aromatic rings. The fourth-order valence-corrected chi connectivity index (χ4v) is 6.36. The molecule has 0 saturated carbocycles. The van der Waals surface area contributed by atoms with Crippen molar-refractivity contribution in [3.05, 3.63) is 76.0 Å². The number of ketones is 2. The van der Waals surface area contributed by atoms with Crippen molar-refractivity contribution in [2.24, 2.45) is 10.9 Å². The van der Waals surface area contributed by atoms with Gasteiger partial charge in [-0.15, -0.1) is 0 Å². The zero-order valence-corrected chi connectivity index (χ0v) is 23.1. The summed E-state index contributed by atoms with van der Waals surface area (Å²) < 4.78 is 22.2. The van der Waals surface area contributed by atoms with Crippen molar-refractivity contribution >= 4 is 45.6 Å². The molecule has 0 saturated heterocycles. The quantitative estimate of drug-likeness (QED) is 0.308. The molecule has 0 aromatic heterocycles. The summed E-state index contributed by atoms with van der Waals surface area (Å²) >= 11 is 6.58. The van der Waals surface area contributed by atoms with Crippen molar-refractivity contribution in [1.82, 2.24) is 0 Å². The smallest absolute Gasteiger partial charge is 0.352 e. The van der Waals surface area contributed by atoms with Crippen LogP contribution in [0.4, 0.5) is 0 Å². The van der Waals surface area contributed by atoms with Crippen LogP contribution in [0.3, 0.4) is 0 Å². The molecule has 3 aromatic carbocycles. The summed E-state index contributed by atoms with van der Waals surface area (Å²) in [5.74, 6) is -2.21. The molecule has 3 atom stereocenters. The first-order valence-corrected chi connectivity index (χ1v) is 13.2. The molecule has 9 heteroatoms. The number of allylic oxidation sites excluding steroid dienone is 1. The maximum atomic E-state index is 14.6. The predicted octanol–water partition coefficient (Wildman–Crippen LogP) is 5.49. The van der Waals surface area contributed by atoms with Crippen LogP contribution in [0, 0.1) is 5.92 Å². The van der Waals surface area contributed by atoms with Gasteiger partial charge in [0.05, 0.1) is 21.3 Å². The van der Waals surface area contributed by atoms with Gasteiger partial charge in [-0.3, -0.25) is 9.59 Å². The Morgan fingerprint density at radius 2 is 1.70 bits per heavy atom. The van der Waals surface area contributed by atoms with Gasteiger partial charge >= 0.3 is 5.97 Å². The first kappa shape index (κ1) is 26.1. The van der Waals surface area contributed by atoms with Gasteiger partial charge in [0.2, 0.25) is 17.2 Å². The molecular weight excluding hydrogens is 534 g/mol. The number of fused-ring (bicyclic) bond motifs is 2. The molecule has 3 aliphatic rings. The minimum Gasteiger partial charge on any atom is -0.496 e. The lowest BCUT2D eigenvalue weighted by Crippen LogP contribution is -2.57. The second-order valence-electron chi connectivity index (χ2n) is 10.2. The number of Topliss-reactive ketones (excluding diaryl/α,β-unsaturated/α-hetero) is 2. The van der Waals surface area contributed by atoms with Gasteiger partial charge in [-0.2, -0.15) is 0 Å². The van der Waals surface area contributed by atoms with Gasteiger partial charge in [-0.1, -0.05) is 61.0 Å². The predicted molar refractivity (Wildman–Crippen MR) is 149 cm³/mol. The molecule has 204 valence electrons. The zero-order valence-electron chi connectivity index (χ0n) is 22.4. The highest BCUT2D eigenvalue weighted by molar-refractivity contribution is 6.38. The van der Waals surface area contributed by atoms with Gasteiger partial charge in [-0.25, -0.2) is 9.79 Å². The number of hydrogen-bond acceptors (Lipinski definition) is 8. The molecule has 6 rings (SSSR count). The number of nitrogens with zero attached hydrogens (tertiary/aromatic N) is 1. The van der Waals surface area contributed by atoms with E-state index in [9.17, 15) is 14.4 Å². The van der Waals surface area contributed by atoms with E-state index < -0.39 is 35.0 Å². The Morgan fingerprint density at radius 3 is 2.40 bits per heavy atom. The molecule has 0 fully saturated rings. The standard InChI is InChI=1S/C31H26ClNO7/c1-15-11-20-24(28(34)31(15)29(35)25-22(37-2)14-23(38-3)26(32)27(25)40-31)19(13-21(33-20)30(36)39-4)18-10-9-16-7-5-6-8-17(16)12-18/h5-10,12,14-15,19H,11,13H2,1-4H3. The van der Waals surface area contributed by atoms with Gasteiger partial charge in [-0.05, 0) is 22.8 Å². The SMILES string of the molecule is COC(=O)C1=NC2=C(C(=O)C3(Oc4c(Cl)c(OC)cc(OC)c4C3=O)C(C)C2)C(c2ccc3ccccc3c2)C1. The number of benzene rings is 3. The third-order valence-electron chi connectivity index (χ3n) is 8.12. The molecule has 3 unspecified atom stereocenters. The number of hydrogen-bond donors (Lipinski definition) is 0. The Balaban J connectivity index is 1.53. The lowest BCUT2D eigenvalue weighted by atomic mass is 9.66. The Hall–Kier alpha value is -4.17. The van der Waals surface area contributed by atoms with Crippen LogP contribution >= 0.6 is 11.6 Å². The van der Waals surface area contributed by atoms with Crippen molar-refractivity contribution in [2.75, 3.05) is 21.3 Å². The largest absolute Gasteiger partial charge is 0.496 e. The van der Waals surface area contributed by atoms with Crippen molar-refractivity contribution in [3.63, 3.8) is 0 Å². The van der Waals surface area contributed by atoms with E-state index in [1.165, 1.54) is 27.4 Å². The molecular formula is C31H26ClNO7. The van der Waals surface area contributed by atoms with E-state index in [1.807, 2.05) is 42.5 Å². The highest BCUT2D eigenvalue weighted by Crippen LogP contribution is 2.55. The van der Waals surface area contributed by atoms with Crippen LogP contribution < -0.4 is 14.2 Å². The van der Waals surface area contributed by atoms with Crippen LogP contribution in [0.15, 0.2) is 64.8 Å². The molecule has 0 bridgehead atoms. The first-order chi connectivity index (χ1) is 19.2. The van der Waals surface area contributed by atoms with E-state index in [4.69, 9.17) is 30.5 Å². The number of carbonyl (C=O) groups excluding carboxylic acids is 3. The highest BCUT2D eigenvalue weighted by Gasteiger charge is 2.63. The number of carbonyl (C=O) groups is 3. The minimum atomic E-state index is -1.86. The Morgan fingerprint density at radius 1 is 0.975 bits per heavy atom. The van der Waals surface area contributed by atoms with E-state index >= 15 is 0 Å². The third-order valence-corrected chi connectivity index (χ3v) is 8.48. The first-order valence-electron chi connectivity index (χ1n) is 12.9. The van der Waals surface area contributed by atoms with Gasteiger partial charge < -0.3 is 18.9 Å². The number of halogens is 1. The monoisotopic (exact) mass is 559 g/mol. The minimum absolute atomic E-state index is 0.0592. The average Bonchev–Trinajstić information content (AvgIpc) is 3.29. The Bertz CT molecular complexity index is 1690. The summed E-state index contributed by atoms with van der Waals surface area (Å²) in [4.78, 5) is 46.0. The van der Waals surface area contributed by atoms with Gasteiger partial charge in [0.1, 0.15) is 27.8 Å². The molecule has 0 amide bonds. The second-order valence-corrected chi connectivity index (χ2v) is 10.6. The van der Waals surface area contributed by atoms with Gasteiger partial charge in [0.15, 0.2) is 5.75 Å². The number of rotatable bonds is 4. The van der Waals surface area contributed by atoms with Crippen molar-refractivity contribution in [2.45, 2.75) is 31.3 Å². The molecule has 8 nitrogen and oxygen atoms in total. The summed E-state index contributed by atoms with van der Waals surface area (Å²) in [7, 11) is 4.17. The van der Waals surface area contributed by atoms with Crippen molar-refractivity contribution in [3.8, 4) is 17.2 Å². The summed E-state index contributed by atoms with van der Waals surface area (Å²) in [6.45, 7) is 1.76. The summed E-state index contributed by atoms with van der Waals surface area (Å²) in [5, 5.41) is 2.11. The molecule has 2 aliphatic heterocycles. The zero-order chi connectivity index (χ0) is 28.3. The summed E-state index contributed by atoms with van der Waals surface area (Å²) in [6.07, 6.45) is 0.363. The number of esters is 1. The van der Waals surface area contributed by atoms with Crippen LogP contribution in [0.1, 0.15) is 41.6 Å². The fourth-order valence-electron chi connectivity index (χ4n) is 6.10. The van der Waals surface area contributed by atoms with E-state index in [0.717, 1.165) is 16.3 Å². The summed E-state index contributed by atoms with van der Waals surface area (Å²) in [5.41, 5.74) is 0.0970. The van der Waals surface area contributed by atoms with E-state index in [1.54, 1.807) is 6.92 Å². The normalized spacial score (nSPS) is 23.5. The van der Waals surface area contributed by atoms with Crippen molar-refractivity contribution < 1.29 is 33.3 Å². The Labute approximate surface area is 235 Å². The van der Waals surface area contributed by atoms with Crippen LogP contribution in [0.25, 0.3) is 10.8 Å². The molecule has 0 radical (unpaired) electrons. The van der Waals surface area contributed by atoms with E-state index in [0.29, 0.717) is 11.3 Å². The van der Waals surface area contributed by atoms with Gasteiger partial charge in [0, 0.05) is 35.6 Å². The topological polar surface area (TPSA) is 100 Å². The van der Waals surface area contributed by atoms with E-state index in [-0.39, 0.29) is 46.4 Å². The number of aliphatic imine (C=N–C) groups is 1. The highest BCUT2D eigenvalue weighted by atomic mass is 35.5. The molecule has 40 heavy (non-hydrogen) atoms. The van der Waals surface area contributed by atoms with Crippen LogP contribution in [0.5, 0.6) is 17.2 Å². The number of ether oxygens (including phenoxy) is 4. The molecule has 1 spiro atoms. The molecule has 2 heterocycles. The lowest BCUT2D eigenvalue weighted by Gasteiger charge is -2.40. The van der Waals surface area contributed by atoms with Crippen molar-refractivity contribution in [1.29, 1.82) is 0 Å². The maximum Gasteiger partial charge on any atom is 0.352 e. The fraction of sp³-hybridized carbons (Fsp3) is 0.290. The lowest BCUT2D eigenvalue weighted by molar-refractivity contribution is -0.133. The average molecular weight is 560 g/mol. The van der Waals surface area contributed by atoms with E-state index in [2.05, 4.69) is 4.99 Å². The molecule has 1 aliphatic carbocycles. The second kappa shape index (κ2) is 9.48. The number of methoxy groups -OCH3 is 3. The molecule has 0 N–H and O–H groups in total. The third kappa shape index (κ3) is 3.59. The Kier molecular flexibility index (Phi) is 6.18. The maximum absolute atomic E-state index is 14.6. The van der Waals surface area contributed by atoms with Gasteiger partial charge in [0.25, 0.3) is 0 Å². The van der Waals surface area contributed by atoms with Crippen LogP contribution in [-0.2, 0) is 14.3 Å².